The topological polar surface area (TPSA) is 73.2 Å². The first-order chi connectivity index (χ1) is 17.4. The van der Waals surface area contributed by atoms with E-state index in [1.807, 2.05) is 31.2 Å². The Morgan fingerprint density at radius 2 is 1.97 bits per heavy atom. The smallest absolute Gasteiger partial charge is 0.267 e. The molecule has 4 aromatic rings. The summed E-state index contributed by atoms with van der Waals surface area (Å²) in [6, 6.07) is 12.9. The normalized spacial score (nSPS) is 15.0. The molecule has 9 heteroatoms. The van der Waals surface area contributed by atoms with Gasteiger partial charge in [0.15, 0.2) is 5.16 Å². The van der Waals surface area contributed by atoms with E-state index in [0.29, 0.717) is 34.4 Å². The van der Waals surface area contributed by atoms with Gasteiger partial charge in [-0.25, -0.2) is 9.37 Å². The number of ether oxygens (including phenoxy) is 1. The molecular weight excluding hydrogens is 497 g/mol. The first-order valence-electron chi connectivity index (χ1n) is 11.9. The quantitative estimate of drug-likeness (QED) is 0.243. The number of carbonyl (C=O) groups is 1. The highest BCUT2D eigenvalue weighted by Crippen LogP contribution is 2.37. The third-order valence-corrected chi connectivity index (χ3v) is 8.25. The maximum absolute atomic E-state index is 13.9. The number of anilines is 1. The standard InChI is InChI=1S/C27H26FN3O3S2/c1-3-34-20-11-9-19(10-12-20)31-26(33)24-21-13-4-16(2)14-22(21)36-25(24)30-27(31)35-15-23(32)29-18-7-5-17(28)6-8-18/h5-12,16H,3-4,13-15H2,1-2H3,(H,29,32). The summed E-state index contributed by atoms with van der Waals surface area (Å²) >= 11 is 2.79. The summed E-state index contributed by atoms with van der Waals surface area (Å²) < 4.78 is 20.3. The Bertz CT molecular complexity index is 1460. The molecule has 1 atom stereocenters. The minimum atomic E-state index is -0.368. The van der Waals surface area contributed by atoms with Crippen molar-refractivity contribution in [2.45, 2.75) is 38.3 Å². The lowest BCUT2D eigenvalue weighted by molar-refractivity contribution is -0.113. The zero-order valence-corrected chi connectivity index (χ0v) is 21.7. The zero-order chi connectivity index (χ0) is 25.2. The van der Waals surface area contributed by atoms with E-state index in [-0.39, 0.29) is 23.0 Å². The van der Waals surface area contributed by atoms with Crippen molar-refractivity contribution in [3.63, 3.8) is 0 Å². The molecule has 36 heavy (non-hydrogen) atoms. The lowest BCUT2D eigenvalue weighted by Crippen LogP contribution is -2.23. The van der Waals surface area contributed by atoms with Gasteiger partial charge in [-0.1, -0.05) is 18.7 Å². The molecule has 1 amide bonds. The number of amides is 1. The molecule has 2 aromatic carbocycles. The number of thioether (sulfide) groups is 1. The van der Waals surface area contributed by atoms with Crippen molar-refractivity contribution in [3.05, 3.63) is 75.1 Å². The lowest BCUT2D eigenvalue weighted by Gasteiger charge is -2.18. The van der Waals surface area contributed by atoms with Crippen molar-refractivity contribution in [2.75, 3.05) is 17.7 Å². The predicted molar refractivity (Wildman–Crippen MR) is 143 cm³/mol. The fourth-order valence-corrected chi connectivity index (χ4v) is 6.65. The number of hydrogen-bond donors (Lipinski definition) is 1. The summed E-state index contributed by atoms with van der Waals surface area (Å²) in [5.74, 6) is 0.723. The molecule has 0 bridgehead atoms. The fourth-order valence-electron chi connectivity index (χ4n) is 4.41. The number of benzene rings is 2. The van der Waals surface area contributed by atoms with Crippen molar-refractivity contribution >= 4 is 44.9 Å². The van der Waals surface area contributed by atoms with Crippen LogP contribution in [0.4, 0.5) is 10.1 Å². The summed E-state index contributed by atoms with van der Waals surface area (Å²) in [6.07, 6.45) is 2.89. The van der Waals surface area contributed by atoms with Crippen LogP contribution >= 0.6 is 23.1 Å². The average Bonchev–Trinajstić information content (AvgIpc) is 3.22. The SMILES string of the molecule is CCOc1ccc(-n2c(SCC(=O)Nc3ccc(F)cc3)nc3sc4c(c3c2=O)CCC(C)C4)cc1. The molecule has 1 N–H and O–H groups in total. The number of rotatable bonds is 7. The molecule has 2 heterocycles. The number of halogens is 1. The number of nitrogens with zero attached hydrogens (tertiary/aromatic N) is 2. The van der Waals surface area contributed by atoms with Crippen molar-refractivity contribution in [3.8, 4) is 11.4 Å². The number of carbonyl (C=O) groups excluding carboxylic acids is 1. The van der Waals surface area contributed by atoms with Crippen molar-refractivity contribution in [1.82, 2.24) is 9.55 Å². The minimum absolute atomic E-state index is 0.0501. The monoisotopic (exact) mass is 523 g/mol. The van der Waals surface area contributed by atoms with Gasteiger partial charge in [-0.05, 0) is 86.2 Å². The zero-order valence-electron chi connectivity index (χ0n) is 20.0. The van der Waals surface area contributed by atoms with Crippen molar-refractivity contribution in [1.29, 1.82) is 0 Å². The summed E-state index contributed by atoms with van der Waals surface area (Å²) in [6.45, 7) is 4.71. The van der Waals surface area contributed by atoms with E-state index >= 15 is 0 Å². The first-order valence-corrected chi connectivity index (χ1v) is 13.7. The van der Waals surface area contributed by atoms with Gasteiger partial charge in [0, 0.05) is 10.6 Å². The van der Waals surface area contributed by atoms with Gasteiger partial charge in [-0.15, -0.1) is 11.3 Å². The molecule has 1 aliphatic rings. The molecule has 5 rings (SSSR count). The molecular formula is C27H26FN3O3S2. The average molecular weight is 524 g/mol. The molecule has 0 saturated carbocycles. The molecule has 2 aromatic heterocycles. The lowest BCUT2D eigenvalue weighted by atomic mass is 9.89. The third kappa shape index (κ3) is 5.03. The summed E-state index contributed by atoms with van der Waals surface area (Å²) in [5.41, 5.74) is 2.19. The highest BCUT2D eigenvalue weighted by molar-refractivity contribution is 7.99. The Morgan fingerprint density at radius 1 is 1.22 bits per heavy atom. The molecule has 1 unspecified atom stereocenters. The molecule has 0 fully saturated rings. The van der Waals surface area contributed by atoms with E-state index in [9.17, 15) is 14.0 Å². The number of fused-ring (bicyclic) bond motifs is 3. The van der Waals surface area contributed by atoms with Gasteiger partial charge in [0.2, 0.25) is 5.91 Å². The number of thiophene rings is 1. The van der Waals surface area contributed by atoms with Gasteiger partial charge >= 0.3 is 0 Å². The number of aryl methyl sites for hydroxylation is 1. The Balaban J connectivity index is 1.51. The van der Waals surface area contributed by atoms with Crippen LogP contribution in [-0.4, -0.2) is 27.8 Å². The van der Waals surface area contributed by atoms with Crippen LogP contribution in [0.25, 0.3) is 15.9 Å². The maximum Gasteiger partial charge on any atom is 0.267 e. The highest BCUT2D eigenvalue weighted by atomic mass is 32.2. The van der Waals surface area contributed by atoms with E-state index in [0.717, 1.165) is 35.4 Å². The van der Waals surface area contributed by atoms with Crippen LogP contribution in [-0.2, 0) is 17.6 Å². The van der Waals surface area contributed by atoms with Gasteiger partial charge in [-0.3, -0.25) is 14.2 Å². The minimum Gasteiger partial charge on any atom is -0.494 e. The molecule has 6 nitrogen and oxygen atoms in total. The Hall–Kier alpha value is -3.17. The molecule has 0 spiro atoms. The van der Waals surface area contributed by atoms with Crippen LogP contribution in [0.1, 0.15) is 30.7 Å². The predicted octanol–water partition coefficient (Wildman–Crippen LogP) is 5.84. The van der Waals surface area contributed by atoms with E-state index in [1.54, 1.807) is 15.9 Å². The highest BCUT2D eigenvalue weighted by Gasteiger charge is 2.25. The van der Waals surface area contributed by atoms with E-state index in [1.165, 1.54) is 40.9 Å². The second-order valence-corrected chi connectivity index (χ2v) is 10.9. The first kappa shape index (κ1) is 24.5. The van der Waals surface area contributed by atoms with Gasteiger partial charge in [0.1, 0.15) is 16.4 Å². The van der Waals surface area contributed by atoms with E-state index in [2.05, 4.69) is 12.2 Å². The summed E-state index contributed by atoms with van der Waals surface area (Å²) in [4.78, 5) is 33.4. The van der Waals surface area contributed by atoms with Crippen LogP contribution in [0.15, 0.2) is 58.5 Å². The van der Waals surface area contributed by atoms with Crippen molar-refractivity contribution in [2.24, 2.45) is 5.92 Å². The van der Waals surface area contributed by atoms with Crippen molar-refractivity contribution < 1.29 is 13.9 Å². The van der Waals surface area contributed by atoms with Crippen LogP contribution in [0.2, 0.25) is 0 Å². The second-order valence-electron chi connectivity index (χ2n) is 8.84. The van der Waals surface area contributed by atoms with E-state index in [4.69, 9.17) is 9.72 Å². The third-order valence-electron chi connectivity index (χ3n) is 6.16. The van der Waals surface area contributed by atoms with Crippen LogP contribution in [0.5, 0.6) is 5.75 Å². The summed E-state index contributed by atoms with van der Waals surface area (Å²) in [5, 5.41) is 3.91. The van der Waals surface area contributed by atoms with E-state index < -0.39 is 0 Å². The number of aromatic nitrogens is 2. The van der Waals surface area contributed by atoms with Crippen LogP contribution in [0, 0.1) is 11.7 Å². The Labute approximate surface area is 216 Å². The second kappa shape index (κ2) is 10.4. The van der Waals surface area contributed by atoms with Crippen LogP contribution in [0.3, 0.4) is 0 Å². The number of hydrogen-bond acceptors (Lipinski definition) is 6. The van der Waals surface area contributed by atoms with Gasteiger partial charge in [0.25, 0.3) is 5.56 Å². The fraction of sp³-hybridized carbons (Fsp3) is 0.296. The van der Waals surface area contributed by atoms with Gasteiger partial charge < -0.3 is 10.1 Å². The Kier molecular flexibility index (Phi) is 7.11. The molecule has 186 valence electrons. The van der Waals surface area contributed by atoms with Gasteiger partial charge in [-0.2, -0.15) is 0 Å². The van der Waals surface area contributed by atoms with Crippen LogP contribution < -0.4 is 15.6 Å². The molecule has 1 aliphatic carbocycles. The van der Waals surface area contributed by atoms with Gasteiger partial charge in [0.05, 0.1) is 23.4 Å². The molecule has 0 saturated heterocycles. The Morgan fingerprint density at radius 3 is 2.69 bits per heavy atom. The maximum atomic E-state index is 13.9. The molecule has 0 radical (unpaired) electrons. The summed E-state index contributed by atoms with van der Waals surface area (Å²) in [7, 11) is 0. The number of nitrogens with one attached hydrogen (secondary N) is 1. The largest absolute Gasteiger partial charge is 0.494 e. The molecule has 0 aliphatic heterocycles.